The van der Waals surface area contributed by atoms with Gasteiger partial charge in [-0.3, -0.25) is 0 Å². The Bertz CT molecular complexity index is 171. The zero-order valence-corrected chi connectivity index (χ0v) is 5.15. The summed E-state index contributed by atoms with van der Waals surface area (Å²) >= 11 is 0. The summed E-state index contributed by atoms with van der Waals surface area (Å²) in [6.07, 6.45) is 0.733. The van der Waals surface area contributed by atoms with E-state index in [0.717, 1.165) is 6.42 Å². The summed E-state index contributed by atoms with van der Waals surface area (Å²) in [5.41, 5.74) is 7.67. The first kappa shape index (κ1) is 6.04. The maximum Gasteiger partial charge on any atom is 0.188 e. The SMILES string of the molecule is CC1(CCN=[N+]=[N-])N=N1. The first-order valence-electron chi connectivity index (χ1n) is 2.72. The van der Waals surface area contributed by atoms with E-state index in [1.54, 1.807) is 0 Å². The van der Waals surface area contributed by atoms with E-state index in [1.807, 2.05) is 6.92 Å². The third-order valence-corrected chi connectivity index (χ3v) is 1.19. The van der Waals surface area contributed by atoms with Crippen LogP contribution in [0.15, 0.2) is 15.3 Å². The van der Waals surface area contributed by atoms with E-state index in [1.165, 1.54) is 0 Å². The molecule has 48 valence electrons. The minimum atomic E-state index is -0.214. The fourth-order valence-corrected chi connectivity index (χ4v) is 0.492. The zero-order chi connectivity index (χ0) is 6.74. The molecule has 1 rings (SSSR count). The quantitative estimate of drug-likeness (QED) is 0.313. The van der Waals surface area contributed by atoms with Gasteiger partial charge in [0.25, 0.3) is 0 Å². The topological polar surface area (TPSA) is 73.5 Å². The van der Waals surface area contributed by atoms with Crippen molar-refractivity contribution in [2.75, 3.05) is 6.54 Å². The van der Waals surface area contributed by atoms with Crippen molar-refractivity contribution in [3.63, 3.8) is 0 Å². The van der Waals surface area contributed by atoms with Crippen LogP contribution in [0.2, 0.25) is 0 Å². The molecule has 5 heteroatoms. The van der Waals surface area contributed by atoms with Gasteiger partial charge in [-0.1, -0.05) is 5.11 Å². The molecule has 0 atom stereocenters. The van der Waals surface area contributed by atoms with Gasteiger partial charge >= 0.3 is 0 Å². The number of nitrogens with zero attached hydrogens (tertiary/aromatic N) is 5. The monoisotopic (exact) mass is 125 g/mol. The lowest BCUT2D eigenvalue weighted by molar-refractivity contribution is 0.609. The van der Waals surface area contributed by atoms with Crippen molar-refractivity contribution in [2.24, 2.45) is 15.3 Å². The fourth-order valence-electron chi connectivity index (χ4n) is 0.492. The Morgan fingerprint density at radius 1 is 1.67 bits per heavy atom. The molecule has 0 N–H and O–H groups in total. The molecule has 0 amide bonds. The summed E-state index contributed by atoms with van der Waals surface area (Å²) in [5, 5.41) is 10.9. The molecule has 1 aliphatic rings. The molecular formula is C4H7N5. The number of hydrogen-bond donors (Lipinski definition) is 0. The smallest absolute Gasteiger partial charge is 0.159 e. The first-order chi connectivity index (χ1) is 4.27. The molecular weight excluding hydrogens is 118 g/mol. The van der Waals surface area contributed by atoms with Crippen LogP contribution in [0.5, 0.6) is 0 Å². The van der Waals surface area contributed by atoms with Crippen LogP contribution >= 0.6 is 0 Å². The summed E-state index contributed by atoms with van der Waals surface area (Å²) in [5.74, 6) is 0. The molecule has 0 fully saturated rings. The van der Waals surface area contributed by atoms with Crippen LogP contribution in [0.3, 0.4) is 0 Å². The van der Waals surface area contributed by atoms with Gasteiger partial charge in [0.2, 0.25) is 0 Å². The molecule has 5 nitrogen and oxygen atoms in total. The summed E-state index contributed by atoms with van der Waals surface area (Å²) in [4.78, 5) is 2.61. The normalized spacial score (nSPS) is 18.8. The van der Waals surface area contributed by atoms with Crippen molar-refractivity contribution < 1.29 is 0 Å². The van der Waals surface area contributed by atoms with Crippen LogP contribution < -0.4 is 0 Å². The van der Waals surface area contributed by atoms with Crippen LogP contribution in [0.25, 0.3) is 10.4 Å². The van der Waals surface area contributed by atoms with E-state index in [9.17, 15) is 0 Å². The van der Waals surface area contributed by atoms with Gasteiger partial charge in [-0.25, -0.2) is 0 Å². The Morgan fingerprint density at radius 2 is 2.33 bits per heavy atom. The zero-order valence-electron chi connectivity index (χ0n) is 5.15. The van der Waals surface area contributed by atoms with E-state index < -0.39 is 0 Å². The van der Waals surface area contributed by atoms with Gasteiger partial charge in [0.05, 0.1) is 0 Å². The van der Waals surface area contributed by atoms with Gasteiger partial charge in [-0.2, -0.15) is 10.2 Å². The third kappa shape index (κ3) is 1.70. The number of hydrogen-bond acceptors (Lipinski definition) is 3. The van der Waals surface area contributed by atoms with Crippen molar-refractivity contribution in [2.45, 2.75) is 19.0 Å². The van der Waals surface area contributed by atoms with Crippen LogP contribution in [-0.2, 0) is 0 Å². The second-order valence-electron chi connectivity index (χ2n) is 2.12. The maximum atomic E-state index is 7.88. The van der Waals surface area contributed by atoms with Crippen molar-refractivity contribution in [1.29, 1.82) is 0 Å². The predicted molar refractivity (Wildman–Crippen MR) is 31.9 cm³/mol. The molecule has 0 saturated carbocycles. The lowest BCUT2D eigenvalue weighted by atomic mass is 10.2. The van der Waals surface area contributed by atoms with Gasteiger partial charge < -0.3 is 0 Å². The minimum absolute atomic E-state index is 0.214. The van der Waals surface area contributed by atoms with Crippen LogP contribution in [0.1, 0.15) is 13.3 Å². The highest BCUT2D eigenvalue weighted by Crippen LogP contribution is 2.30. The molecule has 1 aliphatic heterocycles. The van der Waals surface area contributed by atoms with E-state index in [-0.39, 0.29) is 5.66 Å². The molecule has 0 aromatic carbocycles. The lowest BCUT2D eigenvalue weighted by Gasteiger charge is -1.95. The number of rotatable bonds is 3. The summed E-state index contributed by atoms with van der Waals surface area (Å²) in [6, 6.07) is 0. The van der Waals surface area contributed by atoms with Crippen molar-refractivity contribution in [3.8, 4) is 0 Å². The summed E-state index contributed by atoms with van der Waals surface area (Å²) in [6.45, 7) is 2.39. The molecule has 0 unspecified atom stereocenters. The molecule has 0 bridgehead atoms. The molecule has 1 heterocycles. The van der Waals surface area contributed by atoms with Crippen LogP contribution in [-0.4, -0.2) is 12.2 Å². The van der Waals surface area contributed by atoms with Gasteiger partial charge in [-0.05, 0) is 12.5 Å². The van der Waals surface area contributed by atoms with Gasteiger partial charge in [0.15, 0.2) is 5.66 Å². The Kier molecular flexibility index (Phi) is 1.36. The van der Waals surface area contributed by atoms with Crippen LogP contribution in [0.4, 0.5) is 0 Å². The molecule has 9 heavy (non-hydrogen) atoms. The molecule has 0 radical (unpaired) electrons. The largest absolute Gasteiger partial charge is 0.188 e. The molecule has 0 spiro atoms. The highest BCUT2D eigenvalue weighted by Gasteiger charge is 2.32. The fraction of sp³-hybridized carbons (Fsp3) is 1.00. The minimum Gasteiger partial charge on any atom is -0.159 e. The summed E-state index contributed by atoms with van der Waals surface area (Å²) in [7, 11) is 0. The highest BCUT2D eigenvalue weighted by molar-refractivity contribution is 4.88. The van der Waals surface area contributed by atoms with Crippen molar-refractivity contribution >= 4 is 0 Å². The molecule has 0 aromatic rings. The van der Waals surface area contributed by atoms with E-state index in [4.69, 9.17) is 5.53 Å². The van der Waals surface area contributed by atoms with Gasteiger partial charge in [-0.15, -0.1) is 0 Å². The average molecular weight is 125 g/mol. The number of azide groups is 1. The summed E-state index contributed by atoms with van der Waals surface area (Å²) < 4.78 is 0. The van der Waals surface area contributed by atoms with Crippen molar-refractivity contribution in [1.82, 2.24) is 0 Å². The van der Waals surface area contributed by atoms with Crippen LogP contribution in [0, 0.1) is 0 Å². The van der Waals surface area contributed by atoms with E-state index in [0.29, 0.717) is 6.54 Å². The maximum absolute atomic E-state index is 7.88. The van der Waals surface area contributed by atoms with E-state index >= 15 is 0 Å². The Morgan fingerprint density at radius 3 is 2.78 bits per heavy atom. The Hall–Kier alpha value is -1.09. The highest BCUT2D eigenvalue weighted by atomic mass is 15.4. The standard InChI is InChI=1S/C4H7N5/c1-4(7-8-4)2-3-6-9-5/h2-3H2,1H3. The Labute approximate surface area is 52.4 Å². The van der Waals surface area contributed by atoms with Crippen molar-refractivity contribution in [3.05, 3.63) is 10.4 Å². The second-order valence-corrected chi connectivity index (χ2v) is 2.12. The predicted octanol–water partition coefficient (Wildman–Crippen LogP) is 1.87. The third-order valence-electron chi connectivity index (χ3n) is 1.19. The average Bonchev–Trinajstić information content (AvgIpc) is 2.50. The lowest BCUT2D eigenvalue weighted by Crippen LogP contribution is -2.04. The van der Waals surface area contributed by atoms with E-state index in [2.05, 4.69) is 20.3 Å². The molecule has 0 saturated heterocycles. The van der Waals surface area contributed by atoms with Gasteiger partial charge in [0.1, 0.15) is 0 Å². The van der Waals surface area contributed by atoms with Gasteiger partial charge in [0, 0.05) is 17.9 Å². The second kappa shape index (κ2) is 2.03. The molecule has 0 aliphatic carbocycles. The Balaban J connectivity index is 2.13. The first-order valence-corrected chi connectivity index (χ1v) is 2.72. The molecule has 0 aromatic heterocycles.